The van der Waals surface area contributed by atoms with Crippen LogP contribution in [0.4, 0.5) is 10.2 Å². The molecule has 31 heavy (non-hydrogen) atoms. The van der Waals surface area contributed by atoms with Crippen molar-refractivity contribution in [3.05, 3.63) is 59.5 Å². The molecule has 1 saturated heterocycles. The Kier molecular flexibility index (Phi) is 6.70. The summed E-state index contributed by atoms with van der Waals surface area (Å²) in [5.74, 6) is 1.68. The van der Waals surface area contributed by atoms with E-state index in [9.17, 15) is 4.39 Å². The lowest BCUT2D eigenvalue weighted by atomic mass is 9.95. The predicted molar refractivity (Wildman–Crippen MR) is 124 cm³/mol. The summed E-state index contributed by atoms with van der Waals surface area (Å²) in [4.78, 5) is 14.0. The Hall–Kier alpha value is -2.67. The van der Waals surface area contributed by atoms with Crippen molar-refractivity contribution in [3.8, 4) is 0 Å². The van der Waals surface area contributed by atoms with Crippen molar-refractivity contribution in [2.75, 3.05) is 51.2 Å². The summed E-state index contributed by atoms with van der Waals surface area (Å²) in [7, 11) is 2.16. The highest BCUT2D eigenvalue weighted by atomic mass is 19.1. The molecule has 1 saturated carbocycles. The fourth-order valence-electron chi connectivity index (χ4n) is 4.08. The third-order valence-corrected chi connectivity index (χ3v) is 6.29. The van der Waals surface area contributed by atoms with E-state index in [1.165, 1.54) is 0 Å². The van der Waals surface area contributed by atoms with Gasteiger partial charge in [0.15, 0.2) is 5.96 Å². The molecule has 2 N–H and O–H groups in total. The summed E-state index contributed by atoms with van der Waals surface area (Å²) in [6.07, 6.45) is 3.92. The Labute approximate surface area is 184 Å². The van der Waals surface area contributed by atoms with Crippen LogP contribution < -0.4 is 15.5 Å². The van der Waals surface area contributed by atoms with Crippen molar-refractivity contribution in [1.29, 1.82) is 0 Å². The van der Waals surface area contributed by atoms with E-state index in [1.807, 2.05) is 25.3 Å². The molecule has 1 aliphatic heterocycles. The van der Waals surface area contributed by atoms with Crippen LogP contribution in [-0.2, 0) is 12.0 Å². The number of aliphatic imine (C=N–C) groups is 1. The largest absolute Gasteiger partial charge is 0.357 e. The number of anilines is 1. The van der Waals surface area contributed by atoms with Crippen LogP contribution in [0.15, 0.2) is 47.6 Å². The van der Waals surface area contributed by atoms with Crippen molar-refractivity contribution < 1.29 is 4.39 Å². The third kappa shape index (κ3) is 5.34. The maximum atomic E-state index is 14.3. The summed E-state index contributed by atoms with van der Waals surface area (Å²) in [6.45, 7) is 8.23. The molecule has 0 spiro atoms. The topological polar surface area (TPSA) is 55.8 Å². The van der Waals surface area contributed by atoms with Gasteiger partial charge in [0.25, 0.3) is 0 Å². The lowest BCUT2D eigenvalue weighted by Gasteiger charge is -2.33. The number of nitrogens with zero attached hydrogens (tertiary/aromatic N) is 4. The lowest BCUT2D eigenvalue weighted by Crippen LogP contribution is -2.44. The molecule has 0 unspecified atom stereocenters. The zero-order valence-electron chi connectivity index (χ0n) is 18.6. The number of guanidine groups is 1. The Morgan fingerprint density at radius 1 is 1.10 bits per heavy atom. The summed E-state index contributed by atoms with van der Waals surface area (Å²) >= 11 is 0. The molecule has 1 aliphatic carbocycles. The first-order valence-electron chi connectivity index (χ1n) is 11.3. The Balaban J connectivity index is 1.35. The first-order valence-corrected chi connectivity index (χ1v) is 11.3. The maximum absolute atomic E-state index is 14.3. The number of halogens is 1. The van der Waals surface area contributed by atoms with Crippen LogP contribution in [0.2, 0.25) is 0 Å². The molecule has 2 aromatic rings. The monoisotopic (exact) mass is 424 g/mol. The molecule has 0 radical (unpaired) electrons. The Bertz CT molecular complexity index is 885. The fraction of sp³-hybridized carbons (Fsp3) is 0.500. The van der Waals surface area contributed by atoms with Gasteiger partial charge in [-0.3, -0.25) is 0 Å². The normalized spacial score (nSPS) is 18.7. The fourth-order valence-corrected chi connectivity index (χ4v) is 4.08. The molecule has 2 aliphatic rings. The standard InChI is InChI=1S/C24H33FN6/c1-3-26-23(29-18-24(10-11-24)20-6-4-5-7-21(20)25)28-17-19-8-9-22(27-16-19)31-14-12-30(2)13-15-31/h4-9,16H,3,10-15,17-18H2,1-2H3,(H2,26,28,29). The van der Waals surface area contributed by atoms with Gasteiger partial charge in [-0.1, -0.05) is 24.3 Å². The summed E-state index contributed by atoms with van der Waals surface area (Å²) in [5.41, 5.74) is 1.76. The smallest absolute Gasteiger partial charge is 0.191 e. The van der Waals surface area contributed by atoms with E-state index >= 15 is 0 Å². The van der Waals surface area contributed by atoms with Gasteiger partial charge in [-0.25, -0.2) is 14.4 Å². The number of hydrogen-bond acceptors (Lipinski definition) is 4. The molecule has 4 rings (SSSR count). The van der Waals surface area contributed by atoms with Gasteiger partial charge in [-0.05, 0) is 50.1 Å². The molecule has 6 nitrogen and oxygen atoms in total. The van der Waals surface area contributed by atoms with Crippen molar-refractivity contribution in [3.63, 3.8) is 0 Å². The average molecular weight is 425 g/mol. The number of pyridine rings is 1. The highest BCUT2D eigenvalue weighted by Crippen LogP contribution is 2.48. The quantitative estimate of drug-likeness (QED) is 0.529. The van der Waals surface area contributed by atoms with E-state index in [-0.39, 0.29) is 11.2 Å². The number of aromatic nitrogens is 1. The molecule has 166 valence electrons. The van der Waals surface area contributed by atoms with Gasteiger partial charge in [0, 0.05) is 50.9 Å². The summed E-state index contributed by atoms with van der Waals surface area (Å²) in [6, 6.07) is 11.3. The minimum absolute atomic E-state index is 0.116. The zero-order chi connectivity index (χ0) is 21.7. The van der Waals surface area contributed by atoms with E-state index in [0.29, 0.717) is 13.1 Å². The first-order chi connectivity index (χ1) is 15.1. The first kappa shape index (κ1) is 21.6. The van der Waals surface area contributed by atoms with Gasteiger partial charge in [0.2, 0.25) is 0 Å². The third-order valence-electron chi connectivity index (χ3n) is 6.29. The number of benzene rings is 1. The van der Waals surface area contributed by atoms with Crippen LogP contribution in [0.1, 0.15) is 30.9 Å². The zero-order valence-corrected chi connectivity index (χ0v) is 18.6. The van der Waals surface area contributed by atoms with Crippen molar-refractivity contribution in [2.45, 2.75) is 31.7 Å². The van der Waals surface area contributed by atoms with Crippen LogP contribution >= 0.6 is 0 Å². The van der Waals surface area contributed by atoms with Crippen LogP contribution in [-0.4, -0.2) is 62.2 Å². The SMILES string of the molecule is CCNC(=NCc1ccc(N2CCN(C)CC2)nc1)NCC1(c2ccccc2F)CC1. The van der Waals surface area contributed by atoms with E-state index in [1.54, 1.807) is 12.1 Å². The van der Waals surface area contributed by atoms with Gasteiger partial charge in [-0.15, -0.1) is 0 Å². The van der Waals surface area contributed by atoms with Gasteiger partial charge in [-0.2, -0.15) is 0 Å². The molecule has 7 heteroatoms. The number of piperazine rings is 1. The van der Waals surface area contributed by atoms with E-state index < -0.39 is 0 Å². The van der Waals surface area contributed by atoms with E-state index in [2.05, 4.69) is 44.6 Å². The van der Waals surface area contributed by atoms with Crippen molar-refractivity contribution in [2.24, 2.45) is 4.99 Å². The summed E-state index contributed by atoms with van der Waals surface area (Å²) < 4.78 is 14.3. The van der Waals surface area contributed by atoms with Gasteiger partial charge >= 0.3 is 0 Å². The number of nitrogens with one attached hydrogen (secondary N) is 2. The number of likely N-dealkylation sites (N-methyl/N-ethyl adjacent to an activating group) is 1. The summed E-state index contributed by atoms with van der Waals surface area (Å²) in [5, 5.41) is 6.72. The molecule has 1 aromatic carbocycles. The van der Waals surface area contributed by atoms with Crippen LogP contribution in [0, 0.1) is 5.82 Å². The predicted octanol–water partition coefficient (Wildman–Crippen LogP) is 2.76. The second-order valence-electron chi connectivity index (χ2n) is 8.62. The molecule has 0 bridgehead atoms. The molecule has 0 amide bonds. The second kappa shape index (κ2) is 9.64. The highest BCUT2D eigenvalue weighted by molar-refractivity contribution is 5.80. The molecular formula is C24H33FN6. The van der Waals surface area contributed by atoms with Crippen LogP contribution in [0.5, 0.6) is 0 Å². The second-order valence-corrected chi connectivity index (χ2v) is 8.62. The highest BCUT2D eigenvalue weighted by Gasteiger charge is 2.45. The molecular weight excluding hydrogens is 391 g/mol. The minimum atomic E-state index is -0.118. The number of rotatable bonds is 7. The van der Waals surface area contributed by atoms with Crippen molar-refractivity contribution in [1.82, 2.24) is 20.5 Å². The maximum Gasteiger partial charge on any atom is 0.191 e. The van der Waals surface area contributed by atoms with Gasteiger partial charge in [0.05, 0.1) is 6.54 Å². The average Bonchev–Trinajstić information content (AvgIpc) is 3.58. The lowest BCUT2D eigenvalue weighted by molar-refractivity contribution is 0.312. The Morgan fingerprint density at radius 2 is 1.87 bits per heavy atom. The van der Waals surface area contributed by atoms with Gasteiger partial charge in [0.1, 0.15) is 11.6 Å². The van der Waals surface area contributed by atoms with Crippen LogP contribution in [0.25, 0.3) is 0 Å². The van der Waals surface area contributed by atoms with E-state index in [4.69, 9.17) is 4.99 Å². The van der Waals surface area contributed by atoms with Crippen molar-refractivity contribution >= 4 is 11.8 Å². The van der Waals surface area contributed by atoms with E-state index in [0.717, 1.165) is 68.5 Å². The molecule has 2 heterocycles. The Morgan fingerprint density at radius 3 is 2.52 bits per heavy atom. The van der Waals surface area contributed by atoms with Gasteiger partial charge < -0.3 is 20.4 Å². The van der Waals surface area contributed by atoms with Crippen LogP contribution in [0.3, 0.4) is 0 Å². The number of hydrogen-bond donors (Lipinski definition) is 2. The molecule has 0 atom stereocenters. The molecule has 1 aromatic heterocycles. The molecule has 2 fully saturated rings. The minimum Gasteiger partial charge on any atom is -0.357 e.